The average Bonchev–Trinajstić information content (AvgIpc) is 2.43. The van der Waals surface area contributed by atoms with Gasteiger partial charge in [0.25, 0.3) is 0 Å². The summed E-state index contributed by atoms with van der Waals surface area (Å²) in [6, 6.07) is 2.99. The molecule has 0 fully saturated rings. The molecule has 1 aromatic rings. The number of ether oxygens (including phenoxy) is 3. The second-order valence-corrected chi connectivity index (χ2v) is 8.34. The summed E-state index contributed by atoms with van der Waals surface area (Å²) in [5.74, 6) is 0.261. The van der Waals surface area contributed by atoms with Gasteiger partial charge in [-0.25, -0.2) is 9.59 Å². The zero-order valence-electron chi connectivity index (χ0n) is 14.2. The van der Waals surface area contributed by atoms with E-state index in [0.29, 0.717) is 6.42 Å². The van der Waals surface area contributed by atoms with Gasteiger partial charge in [-0.1, -0.05) is 0 Å². The van der Waals surface area contributed by atoms with Crippen LogP contribution in [0.2, 0.25) is 0 Å². The average molecular weight is 561 g/mol. The minimum absolute atomic E-state index is 0.294. The first kappa shape index (κ1) is 21.3. The number of esters is 1. The third-order valence-corrected chi connectivity index (χ3v) is 4.48. The van der Waals surface area contributed by atoms with Crippen molar-refractivity contribution in [1.82, 2.24) is 5.32 Å². The Kier molecular flexibility index (Phi) is 8.03. The van der Waals surface area contributed by atoms with E-state index in [1.54, 1.807) is 27.9 Å². The van der Waals surface area contributed by atoms with Crippen molar-refractivity contribution >= 4 is 57.2 Å². The maximum atomic E-state index is 12.0. The number of hydrogen-bond acceptors (Lipinski definition) is 5. The van der Waals surface area contributed by atoms with Crippen molar-refractivity contribution in [3.8, 4) is 5.75 Å². The van der Waals surface area contributed by atoms with Gasteiger partial charge in [0, 0.05) is 6.42 Å². The highest BCUT2D eigenvalue weighted by atomic mass is 127. The van der Waals surface area contributed by atoms with Crippen LogP contribution in [-0.2, 0) is 20.7 Å². The van der Waals surface area contributed by atoms with E-state index in [4.69, 9.17) is 14.2 Å². The number of alkyl carbamates (subject to hydrolysis) is 1. The number of carbonyl (C=O) groups is 2. The lowest BCUT2D eigenvalue weighted by atomic mass is 10.1. The Morgan fingerprint density at radius 2 is 1.71 bits per heavy atom. The van der Waals surface area contributed by atoms with Gasteiger partial charge in [-0.3, -0.25) is 0 Å². The Labute approximate surface area is 169 Å². The number of amides is 1. The van der Waals surface area contributed by atoms with E-state index in [0.717, 1.165) is 18.5 Å². The first-order valence-corrected chi connectivity index (χ1v) is 9.32. The monoisotopic (exact) mass is 561 g/mol. The van der Waals surface area contributed by atoms with Gasteiger partial charge in [0.1, 0.15) is 17.4 Å². The fourth-order valence-corrected chi connectivity index (χ4v) is 4.28. The molecule has 0 saturated carbocycles. The minimum Gasteiger partial charge on any atom is -0.495 e. The highest BCUT2D eigenvalue weighted by Gasteiger charge is 2.25. The van der Waals surface area contributed by atoms with Crippen molar-refractivity contribution in [3.05, 3.63) is 24.8 Å². The van der Waals surface area contributed by atoms with Gasteiger partial charge < -0.3 is 19.5 Å². The topological polar surface area (TPSA) is 73.9 Å². The third-order valence-electron chi connectivity index (χ3n) is 2.88. The molecule has 0 bridgehead atoms. The molecule has 0 aliphatic rings. The van der Waals surface area contributed by atoms with Crippen LogP contribution in [0.4, 0.5) is 4.79 Å². The molecule has 24 heavy (non-hydrogen) atoms. The van der Waals surface area contributed by atoms with E-state index in [-0.39, 0.29) is 0 Å². The molecule has 134 valence electrons. The van der Waals surface area contributed by atoms with Crippen LogP contribution in [0.1, 0.15) is 26.3 Å². The number of carbonyl (C=O) groups excluding carboxylic acids is 2. The Morgan fingerprint density at radius 3 is 2.12 bits per heavy atom. The summed E-state index contributed by atoms with van der Waals surface area (Å²) in [6.45, 7) is 5.27. The highest BCUT2D eigenvalue weighted by Crippen LogP contribution is 2.29. The van der Waals surface area contributed by atoms with Crippen molar-refractivity contribution in [2.45, 2.75) is 38.8 Å². The molecule has 6 nitrogen and oxygen atoms in total. The zero-order chi connectivity index (χ0) is 18.5. The van der Waals surface area contributed by atoms with Crippen molar-refractivity contribution in [1.29, 1.82) is 0 Å². The second-order valence-electron chi connectivity index (χ2n) is 6.02. The van der Waals surface area contributed by atoms with Gasteiger partial charge >= 0.3 is 12.1 Å². The van der Waals surface area contributed by atoms with Gasteiger partial charge in [-0.15, -0.1) is 0 Å². The molecule has 1 aromatic carbocycles. The van der Waals surface area contributed by atoms with Crippen LogP contribution in [0.5, 0.6) is 5.75 Å². The minimum atomic E-state index is -0.829. The Bertz CT molecular complexity index is 590. The summed E-state index contributed by atoms with van der Waals surface area (Å²) >= 11 is 4.34. The number of halogens is 2. The SMILES string of the molecule is COC(=O)[C@H](Cc1cc(I)c(OC)c(I)c1)NC(=O)OC(C)(C)C. The summed E-state index contributed by atoms with van der Waals surface area (Å²) in [5.41, 5.74) is 0.242. The van der Waals surface area contributed by atoms with E-state index >= 15 is 0 Å². The molecule has 1 rings (SSSR count). The van der Waals surface area contributed by atoms with Gasteiger partial charge in [0.05, 0.1) is 21.4 Å². The Hall–Kier alpha value is -0.780. The molecule has 1 N–H and O–H groups in total. The fourth-order valence-electron chi connectivity index (χ4n) is 1.95. The first-order valence-electron chi connectivity index (χ1n) is 7.16. The molecule has 0 saturated heterocycles. The predicted molar refractivity (Wildman–Crippen MR) is 107 cm³/mol. The van der Waals surface area contributed by atoms with Crippen molar-refractivity contribution in [2.24, 2.45) is 0 Å². The number of rotatable bonds is 5. The lowest BCUT2D eigenvalue weighted by Crippen LogP contribution is -2.45. The first-order chi connectivity index (χ1) is 11.1. The van der Waals surface area contributed by atoms with Crippen molar-refractivity contribution in [2.75, 3.05) is 14.2 Å². The molecule has 0 aliphatic heterocycles. The molecule has 0 heterocycles. The summed E-state index contributed by atoms with van der Waals surface area (Å²) in [7, 11) is 2.90. The molecule has 0 unspecified atom stereocenters. The lowest BCUT2D eigenvalue weighted by Gasteiger charge is -2.23. The largest absolute Gasteiger partial charge is 0.495 e. The molecular formula is C16H21I2NO5. The summed E-state index contributed by atoms with van der Waals surface area (Å²) in [6.07, 6.45) is -0.363. The Morgan fingerprint density at radius 1 is 1.17 bits per heavy atom. The number of hydrogen-bond donors (Lipinski definition) is 1. The quantitative estimate of drug-likeness (QED) is 0.441. The van der Waals surface area contributed by atoms with Gasteiger partial charge in [0.2, 0.25) is 0 Å². The normalized spacial score (nSPS) is 12.3. The van der Waals surface area contributed by atoms with Gasteiger partial charge in [-0.2, -0.15) is 0 Å². The number of benzene rings is 1. The van der Waals surface area contributed by atoms with E-state index < -0.39 is 23.7 Å². The van der Waals surface area contributed by atoms with E-state index in [1.165, 1.54) is 7.11 Å². The number of methoxy groups -OCH3 is 2. The van der Waals surface area contributed by atoms with Crippen LogP contribution < -0.4 is 10.1 Å². The van der Waals surface area contributed by atoms with E-state index in [2.05, 4.69) is 50.5 Å². The molecule has 0 aliphatic carbocycles. The number of nitrogens with one attached hydrogen (secondary N) is 1. The highest BCUT2D eigenvalue weighted by molar-refractivity contribution is 14.1. The third kappa shape index (κ3) is 6.61. The molecule has 1 atom stereocenters. The smallest absolute Gasteiger partial charge is 0.408 e. The van der Waals surface area contributed by atoms with Gasteiger partial charge in [-0.05, 0) is 83.6 Å². The standard InChI is InChI=1S/C16H21I2NO5/c1-16(2,3)24-15(21)19-12(14(20)23-5)8-9-6-10(17)13(22-4)11(18)7-9/h6-7,12H,8H2,1-5H3,(H,19,21)/t12-/m0/s1. The van der Waals surface area contributed by atoms with Crippen molar-refractivity contribution in [3.63, 3.8) is 0 Å². The van der Waals surface area contributed by atoms with E-state index in [1.807, 2.05) is 12.1 Å². The molecule has 0 aromatic heterocycles. The van der Waals surface area contributed by atoms with Crippen molar-refractivity contribution < 1.29 is 23.8 Å². The van der Waals surface area contributed by atoms with Crippen LogP contribution in [0.15, 0.2) is 12.1 Å². The molecule has 0 radical (unpaired) electrons. The molecular weight excluding hydrogens is 540 g/mol. The zero-order valence-corrected chi connectivity index (χ0v) is 18.6. The molecule has 8 heteroatoms. The maximum absolute atomic E-state index is 12.0. The van der Waals surface area contributed by atoms with E-state index in [9.17, 15) is 9.59 Å². The predicted octanol–water partition coefficient (Wildman–Crippen LogP) is 3.51. The van der Waals surface area contributed by atoms with Gasteiger partial charge in [0.15, 0.2) is 0 Å². The van der Waals surface area contributed by atoms with Crippen LogP contribution in [0.3, 0.4) is 0 Å². The lowest BCUT2D eigenvalue weighted by molar-refractivity contribution is -0.143. The summed E-state index contributed by atoms with van der Waals surface area (Å²) in [4.78, 5) is 23.9. The van der Waals surface area contributed by atoms with Crippen LogP contribution >= 0.6 is 45.2 Å². The maximum Gasteiger partial charge on any atom is 0.408 e. The van der Waals surface area contributed by atoms with Crippen LogP contribution in [0.25, 0.3) is 0 Å². The molecule has 1 amide bonds. The van der Waals surface area contributed by atoms with Crippen LogP contribution in [-0.4, -0.2) is 37.9 Å². The summed E-state index contributed by atoms with van der Waals surface area (Å²) in [5, 5.41) is 2.57. The second kappa shape index (κ2) is 9.07. The Balaban J connectivity index is 2.95. The fraction of sp³-hybridized carbons (Fsp3) is 0.500. The summed E-state index contributed by atoms with van der Waals surface area (Å²) < 4.78 is 17.2. The molecule has 0 spiro atoms. The van der Waals surface area contributed by atoms with Crippen LogP contribution in [0, 0.1) is 7.14 Å².